The van der Waals surface area contributed by atoms with Crippen molar-refractivity contribution in [1.29, 1.82) is 0 Å². The fraction of sp³-hybridized carbons (Fsp3) is 0.909. The molecule has 0 bridgehead atoms. The van der Waals surface area contributed by atoms with Crippen molar-refractivity contribution in [1.82, 2.24) is 0 Å². The highest BCUT2D eigenvalue weighted by Gasteiger charge is 2.14. The maximum absolute atomic E-state index is 5.72. The Balaban J connectivity index is 3.49. The van der Waals surface area contributed by atoms with Gasteiger partial charge in [0.05, 0.1) is 12.2 Å². The van der Waals surface area contributed by atoms with Crippen molar-refractivity contribution in [3.63, 3.8) is 0 Å². The smallest absolute Gasteiger partial charge is 0.0961 e. The lowest BCUT2D eigenvalue weighted by Gasteiger charge is -2.19. The number of methoxy groups -OCH3 is 1. The number of hydrogen-bond acceptors (Lipinski definition) is 2. The van der Waals surface area contributed by atoms with Crippen LogP contribution in [0, 0.1) is 6.10 Å². The van der Waals surface area contributed by atoms with E-state index in [-0.39, 0.29) is 6.10 Å². The fourth-order valence-corrected chi connectivity index (χ4v) is 1.84. The van der Waals surface area contributed by atoms with E-state index in [0.29, 0.717) is 0 Å². The molecule has 0 aliphatic heterocycles. The van der Waals surface area contributed by atoms with Gasteiger partial charge in [-0.15, -0.1) is 0 Å². The van der Waals surface area contributed by atoms with Crippen LogP contribution in [0.5, 0.6) is 0 Å². The molecule has 3 heteroatoms. The van der Waals surface area contributed by atoms with Crippen molar-refractivity contribution in [2.75, 3.05) is 13.7 Å². The lowest BCUT2D eigenvalue weighted by molar-refractivity contribution is 0.0519. The van der Waals surface area contributed by atoms with E-state index >= 15 is 0 Å². The van der Waals surface area contributed by atoms with Gasteiger partial charge in [0.1, 0.15) is 0 Å². The van der Waals surface area contributed by atoms with E-state index in [1.54, 1.807) is 7.11 Å². The third-order valence-electron chi connectivity index (χ3n) is 2.18. The van der Waals surface area contributed by atoms with Crippen LogP contribution in [-0.4, -0.2) is 27.9 Å². The molecule has 1 atom stereocenters. The van der Waals surface area contributed by atoms with Gasteiger partial charge in [0, 0.05) is 28.2 Å². The summed E-state index contributed by atoms with van der Waals surface area (Å²) in [5.74, 6) is 0. The summed E-state index contributed by atoms with van der Waals surface area (Å²) in [5.41, 5.74) is 0. The monoisotopic (exact) mass is 217 g/mol. The van der Waals surface area contributed by atoms with Crippen LogP contribution in [0.25, 0.3) is 0 Å². The Bertz CT molecular complexity index is 143. The van der Waals surface area contributed by atoms with E-state index in [2.05, 4.69) is 26.6 Å². The van der Waals surface area contributed by atoms with Crippen LogP contribution in [0.2, 0.25) is 25.7 Å². The van der Waals surface area contributed by atoms with Crippen LogP contribution < -0.4 is 0 Å². The molecule has 1 unspecified atom stereocenters. The van der Waals surface area contributed by atoms with Gasteiger partial charge in [0.25, 0.3) is 0 Å². The van der Waals surface area contributed by atoms with Crippen molar-refractivity contribution >= 4 is 8.07 Å². The predicted octanol–water partition coefficient (Wildman–Crippen LogP) is 3.32. The van der Waals surface area contributed by atoms with Crippen molar-refractivity contribution in [3.8, 4) is 0 Å². The molecule has 0 aromatic heterocycles. The molecule has 0 heterocycles. The first-order chi connectivity index (χ1) is 6.35. The highest BCUT2D eigenvalue weighted by molar-refractivity contribution is 6.76. The Morgan fingerprint density at radius 3 is 2.29 bits per heavy atom. The van der Waals surface area contributed by atoms with Crippen LogP contribution in [0.15, 0.2) is 0 Å². The van der Waals surface area contributed by atoms with Crippen LogP contribution >= 0.6 is 0 Å². The minimum absolute atomic E-state index is 0.284. The molecule has 0 aromatic carbocycles. The largest absolute Gasteiger partial charge is 0.379 e. The van der Waals surface area contributed by atoms with Gasteiger partial charge in [-0.05, 0) is 19.9 Å². The van der Waals surface area contributed by atoms with Gasteiger partial charge in [-0.25, -0.2) is 0 Å². The molecule has 0 N–H and O–H groups in total. The van der Waals surface area contributed by atoms with E-state index in [1.807, 2.05) is 6.92 Å². The number of rotatable bonds is 7. The Kier molecular flexibility index (Phi) is 6.65. The first-order valence-corrected chi connectivity index (χ1v) is 9.04. The van der Waals surface area contributed by atoms with E-state index in [1.165, 1.54) is 6.04 Å². The summed E-state index contributed by atoms with van der Waals surface area (Å²) in [6.45, 7) is 12.1. The number of ether oxygens (including phenoxy) is 2. The Morgan fingerprint density at radius 1 is 1.29 bits per heavy atom. The van der Waals surface area contributed by atoms with Crippen molar-refractivity contribution in [3.05, 3.63) is 6.10 Å². The second kappa shape index (κ2) is 6.59. The minimum Gasteiger partial charge on any atom is -0.379 e. The highest BCUT2D eigenvalue weighted by atomic mass is 28.3. The average molecular weight is 217 g/mol. The zero-order chi connectivity index (χ0) is 11.2. The summed E-state index contributed by atoms with van der Waals surface area (Å²) in [5, 5.41) is 0. The van der Waals surface area contributed by atoms with E-state index < -0.39 is 8.07 Å². The molecule has 0 rings (SSSR count). The summed E-state index contributed by atoms with van der Waals surface area (Å²) in [6, 6.07) is 1.24. The molecule has 0 aromatic rings. The maximum atomic E-state index is 5.72. The predicted molar refractivity (Wildman–Crippen MR) is 64.1 cm³/mol. The maximum Gasteiger partial charge on any atom is 0.0961 e. The van der Waals surface area contributed by atoms with E-state index in [0.717, 1.165) is 19.1 Å². The van der Waals surface area contributed by atoms with E-state index in [9.17, 15) is 0 Å². The van der Waals surface area contributed by atoms with Gasteiger partial charge in [0.2, 0.25) is 0 Å². The molecule has 0 spiro atoms. The molecule has 0 saturated heterocycles. The van der Waals surface area contributed by atoms with Crippen LogP contribution in [0.3, 0.4) is 0 Å². The van der Waals surface area contributed by atoms with Gasteiger partial charge in [-0.1, -0.05) is 19.6 Å². The second-order valence-electron chi connectivity index (χ2n) is 5.10. The van der Waals surface area contributed by atoms with Gasteiger partial charge in [0.15, 0.2) is 0 Å². The fourth-order valence-electron chi connectivity index (χ4n) is 1.11. The first-order valence-electron chi connectivity index (χ1n) is 5.33. The van der Waals surface area contributed by atoms with Gasteiger partial charge in [-0.2, -0.15) is 0 Å². The third kappa shape index (κ3) is 8.72. The highest BCUT2D eigenvalue weighted by Crippen LogP contribution is 2.13. The first kappa shape index (κ1) is 14.1. The Labute approximate surface area is 90.0 Å². The molecule has 0 amide bonds. The van der Waals surface area contributed by atoms with Gasteiger partial charge >= 0.3 is 0 Å². The van der Waals surface area contributed by atoms with Gasteiger partial charge < -0.3 is 9.47 Å². The van der Waals surface area contributed by atoms with Gasteiger partial charge in [-0.3, -0.25) is 0 Å². The molecule has 0 saturated carbocycles. The van der Waals surface area contributed by atoms with Crippen molar-refractivity contribution in [2.45, 2.75) is 52.1 Å². The molecule has 14 heavy (non-hydrogen) atoms. The molecule has 2 nitrogen and oxygen atoms in total. The molecule has 0 aliphatic rings. The van der Waals surface area contributed by atoms with Crippen LogP contribution in [-0.2, 0) is 9.47 Å². The zero-order valence-corrected chi connectivity index (χ0v) is 11.5. The Hall–Kier alpha value is 0.137. The molecule has 1 radical (unpaired) electrons. The minimum atomic E-state index is -0.935. The molecule has 0 fully saturated rings. The normalized spacial score (nSPS) is 14.8. The lowest BCUT2D eigenvalue weighted by Crippen LogP contribution is -2.23. The SMILES string of the molecule is CO[C](C)CC(C)OCC[Si](C)(C)C. The van der Waals surface area contributed by atoms with Crippen molar-refractivity contribution in [2.24, 2.45) is 0 Å². The summed E-state index contributed by atoms with van der Waals surface area (Å²) >= 11 is 0. The molecular weight excluding hydrogens is 192 g/mol. The lowest BCUT2D eigenvalue weighted by atomic mass is 10.2. The third-order valence-corrected chi connectivity index (χ3v) is 3.88. The average Bonchev–Trinajstić information content (AvgIpc) is 2.01. The topological polar surface area (TPSA) is 18.5 Å². The summed E-state index contributed by atoms with van der Waals surface area (Å²) in [4.78, 5) is 0. The van der Waals surface area contributed by atoms with Crippen LogP contribution in [0.4, 0.5) is 0 Å². The van der Waals surface area contributed by atoms with E-state index in [4.69, 9.17) is 9.47 Å². The zero-order valence-electron chi connectivity index (χ0n) is 10.5. The Morgan fingerprint density at radius 2 is 1.86 bits per heavy atom. The molecule has 0 aliphatic carbocycles. The second-order valence-corrected chi connectivity index (χ2v) is 10.7. The van der Waals surface area contributed by atoms with Crippen molar-refractivity contribution < 1.29 is 9.47 Å². The number of hydrogen-bond donors (Lipinski definition) is 0. The summed E-state index contributed by atoms with van der Waals surface area (Å²) in [7, 11) is 0.777. The quantitative estimate of drug-likeness (QED) is 0.609. The molecular formula is C11H25O2Si. The standard InChI is InChI=1S/C11H25O2Si/c1-10(12-3)9-11(2)13-7-8-14(4,5)6/h11H,7-9H2,1-6H3. The summed E-state index contributed by atoms with van der Waals surface area (Å²) in [6.07, 6.45) is 2.24. The summed E-state index contributed by atoms with van der Waals surface area (Å²) < 4.78 is 10.8. The molecule has 85 valence electrons. The van der Waals surface area contributed by atoms with Crippen LogP contribution in [0.1, 0.15) is 20.3 Å².